The lowest BCUT2D eigenvalue weighted by atomic mass is 9.88. The molecule has 2 heterocycles. The van der Waals surface area contributed by atoms with E-state index in [1.165, 1.54) is 10.4 Å². The van der Waals surface area contributed by atoms with E-state index in [1.807, 2.05) is 6.92 Å². The molecule has 0 aromatic heterocycles. The van der Waals surface area contributed by atoms with Crippen molar-refractivity contribution < 1.29 is 13.2 Å². The molecule has 25 heavy (non-hydrogen) atoms. The molecule has 1 aromatic carbocycles. The zero-order chi connectivity index (χ0) is 17.3. The maximum atomic E-state index is 12.7. The smallest absolute Gasteiger partial charge is 0.243 e. The van der Waals surface area contributed by atoms with Gasteiger partial charge in [0.15, 0.2) is 0 Å². The molecule has 6 nitrogen and oxygen atoms in total. The summed E-state index contributed by atoms with van der Waals surface area (Å²) in [6.07, 6.45) is 0. The Labute approximate surface area is 160 Å². The van der Waals surface area contributed by atoms with Crippen LogP contribution in [0.3, 0.4) is 0 Å². The van der Waals surface area contributed by atoms with E-state index in [0.29, 0.717) is 37.1 Å². The van der Waals surface area contributed by atoms with Crippen LogP contribution in [0.1, 0.15) is 6.92 Å². The Morgan fingerprint density at radius 2 is 1.88 bits per heavy atom. The molecule has 0 saturated carbocycles. The first kappa shape index (κ1) is 20.5. The Morgan fingerprint density at radius 1 is 1.24 bits per heavy atom. The summed E-state index contributed by atoms with van der Waals surface area (Å²) < 4.78 is 26.8. The molecule has 9 heteroatoms. The van der Waals surface area contributed by atoms with Crippen molar-refractivity contribution in [3.8, 4) is 0 Å². The van der Waals surface area contributed by atoms with Gasteiger partial charge in [-0.2, -0.15) is 4.31 Å². The predicted molar refractivity (Wildman–Crippen MR) is 99.6 cm³/mol. The predicted octanol–water partition coefficient (Wildman–Crippen LogP) is 1.45. The van der Waals surface area contributed by atoms with Crippen molar-refractivity contribution in [3.63, 3.8) is 0 Å². The van der Waals surface area contributed by atoms with Gasteiger partial charge in [0.05, 0.1) is 4.90 Å². The molecule has 0 aliphatic carbocycles. The van der Waals surface area contributed by atoms with Crippen LogP contribution >= 0.6 is 24.0 Å². The van der Waals surface area contributed by atoms with Crippen LogP contribution in [0.25, 0.3) is 0 Å². The van der Waals surface area contributed by atoms with Crippen molar-refractivity contribution in [1.29, 1.82) is 0 Å². The molecule has 3 rings (SSSR count). The number of piperazine rings is 1. The maximum absolute atomic E-state index is 12.7. The highest BCUT2D eigenvalue weighted by atomic mass is 35.5. The zero-order valence-corrected chi connectivity index (χ0v) is 16.4. The summed E-state index contributed by atoms with van der Waals surface area (Å²) in [6.45, 7) is 5.23. The average molecular weight is 408 g/mol. The van der Waals surface area contributed by atoms with Gasteiger partial charge in [-0.05, 0) is 37.2 Å². The van der Waals surface area contributed by atoms with Crippen LogP contribution in [0, 0.1) is 11.8 Å². The fraction of sp³-hybridized carbons (Fsp3) is 0.562. The van der Waals surface area contributed by atoms with Gasteiger partial charge in [0, 0.05) is 37.1 Å². The van der Waals surface area contributed by atoms with Crippen LogP contribution in [0.15, 0.2) is 29.2 Å². The van der Waals surface area contributed by atoms with Gasteiger partial charge in [-0.1, -0.05) is 24.6 Å². The summed E-state index contributed by atoms with van der Waals surface area (Å²) in [6, 6.07) is 6.28. The van der Waals surface area contributed by atoms with E-state index in [-0.39, 0.29) is 29.1 Å². The molecule has 1 atom stereocenters. The topological polar surface area (TPSA) is 69.7 Å². The van der Waals surface area contributed by atoms with E-state index in [9.17, 15) is 13.2 Å². The lowest BCUT2D eigenvalue weighted by molar-refractivity contribution is -0.138. The number of rotatable bonds is 4. The molecule has 1 amide bonds. The van der Waals surface area contributed by atoms with Crippen LogP contribution in [0.5, 0.6) is 0 Å². The van der Waals surface area contributed by atoms with E-state index in [0.717, 1.165) is 13.1 Å². The number of halogens is 2. The zero-order valence-electron chi connectivity index (χ0n) is 14.0. The van der Waals surface area contributed by atoms with Gasteiger partial charge in [-0.15, -0.1) is 12.4 Å². The first-order valence-corrected chi connectivity index (χ1v) is 9.96. The van der Waals surface area contributed by atoms with E-state index < -0.39 is 10.0 Å². The van der Waals surface area contributed by atoms with Crippen LogP contribution in [-0.4, -0.2) is 62.8 Å². The van der Waals surface area contributed by atoms with E-state index in [2.05, 4.69) is 5.32 Å². The largest absolute Gasteiger partial charge is 0.340 e. The van der Waals surface area contributed by atoms with Gasteiger partial charge in [0.25, 0.3) is 0 Å². The lowest BCUT2D eigenvalue weighted by Gasteiger charge is -2.38. The van der Waals surface area contributed by atoms with Gasteiger partial charge in [0.1, 0.15) is 0 Å². The van der Waals surface area contributed by atoms with Gasteiger partial charge in [0.2, 0.25) is 15.9 Å². The first-order chi connectivity index (χ1) is 11.4. The SMILES string of the molecule is CC(C(=O)N1CCN(S(=O)(=O)c2cccc(Cl)c2)CC1)C1CNC1.Cl. The minimum Gasteiger partial charge on any atom is -0.340 e. The number of hydrogen-bond acceptors (Lipinski definition) is 4. The Bertz CT molecular complexity index is 717. The number of amides is 1. The summed E-state index contributed by atoms with van der Waals surface area (Å²) in [7, 11) is -3.56. The van der Waals surface area contributed by atoms with Crippen molar-refractivity contribution >= 4 is 39.9 Å². The summed E-state index contributed by atoms with van der Waals surface area (Å²) in [5.41, 5.74) is 0. The molecule has 1 aromatic rings. The third-order valence-corrected chi connectivity index (χ3v) is 7.02. The summed E-state index contributed by atoms with van der Waals surface area (Å²) >= 11 is 5.90. The lowest BCUT2D eigenvalue weighted by Crippen LogP contribution is -2.55. The fourth-order valence-electron chi connectivity index (χ4n) is 3.08. The van der Waals surface area contributed by atoms with E-state index >= 15 is 0 Å². The van der Waals surface area contributed by atoms with Crippen molar-refractivity contribution in [2.45, 2.75) is 11.8 Å². The highest BCUT2D eigenvalue weighted by molar-refractivity contribution is 7.89. The first-order valence-electron chi connectivity index (χ1n) is 8.15. The minimum atomic E-state index is -3.56. The Morgan fingerprint density at radius 3 is 2.40 bits per heavy atom. The Hall–Kier alpha value is -0.860. The highest BCUT2D eigenvalue weighted by Gasteiger charge is 2.35. The standard InChI is InChI=1S/C16H22ClN3O3S.ClH/c1-12(13-10-18-11-13)16(21)19-5-7-20(8-6-19)24(22,23)15-4-2-3-14(17)9-15;/h2-4,9,12-13,18H,5-8,10-11H2,1H3;1H. The summed E-state index contributed by atoms with van der Waals surface area (Å²) in [5, 5.41) is 3.58. The van der Waals surface area contributed by atoms with Crippen molar-refractivity contribution in [2.24, 2.45) is 11.8 Å². The number of nitrogens with one attached hydrogen (secondary N) is 1. The quantitative estimate of drug-likeness (QED) is 0.819. The van der Waals surface area contributed by atoms with Crippen LogP contribution in [0.2, 0.25) is 5.02 Å². The maximum Gasteiger partial charge on any atom is 0.243 e. The highest BCUT2D eigenvalue weighted by Crippen LogP contribution is 2.23. The van der Waals surface area contributed by atoms with E-state index in [4.69, 9.17) is 11.6 Å². The summed E-state index contributed by atoms with van der Waals surface area (Å²) in [4.78, 5) is 14.5. The molecular weight excluding hydrogens is 385 g/mol. The second-order valence-electron chi connectivity index (χ2n) is 6.39. The third-order valence-electron chi connectivity index (χ3n) is 4.89. The number of hydrogen-bond donors (Lipinski definition) is 1. The average Bonchev–Trinajstić information content (AvgIpc) is 2.52. The molecule has 2 fully saturated rings. The Kier molecular flexibility index (Phi) is 6.73. The number of benzene rings is 1. The van der Waals surface area contributed by atoms with Gasteiger partial charge in [-0.25, -0.2) is 8.42 Å². The van der Waals surface area contributed by atoms with Crippen LogP contribution < -0.4 is 5.32 Å². The van der Waals surface area contributed by atoms with E-state index in [1.54, 1.807) is 23.1 Å². The number of sulfonamides is 1. The molecular formula is C16H23Cl2N3O3S. The van der Waals surface area contributed by atoms with Crippen LogP contribution in [-0.2, 0) is 14.8 Å². The van der Waals surface area contributed by atoms with Gasteiger partial charge >= 0.3 is 0 Å². The fourth-order valence-corrected chi connectivity index (χ4v) is 4.80. The van der Waals surface area contributed by atoms with Gasteiger partial charge < -0.3 is 10.2 Å². The second-order valence-corrected chi connectivity index (χ2v) is 8.77. The van der Waals surface area contributed by atoms with Crippen LogP contribution in [0.4, 0.5) is 0 Å². The number of carbonyl (C=O) groups excluding carboxylic acids is 1. The molecule has 140 valence electrons. The van der Waals surface area contributed by atoms with Crippen molar-refractivity contribution in [2.75, 3.05) is 39.3 Å². The molecule has 1 N–H and O–H groups in total. The second kappa shape index (κ2) is 8.22. The van der Waals surface area contributed by atoms with Crippen molar-refractivity contribution in [1.82, 2.24) is 14.5 Å². The molecule has 0 radical (unpaired) electrons. The monoisotopic (exact) mass is 407 g/mol. The third kappa shape index (κ3) is 4.28. The van der Waals surface area contributed by atoms with Gasteiger partial charge in [-0.3, -0.25) is 4.79 Å². The molecule has 0 bridgehead atoms. The molecule has 1 unspecified atom stereocenters. The number of nitrogens with zero attached hydrogens (tertiary/aromatic N) is 2. The molecule has 2 aliphatic heterocycles. The minimum absolute atomic E-state index is 0. The number of carbonyl (C=O) groups is 1. The van der Waals surface area contributed by atoms with Crippen molar-refractivity contribution in [3.05, 3.63) is 29.3 Å². The Balaban J connectivity index is 0.00000225. The normalized spacial score (nSPS) is 20.5. The molecule has 0 spiro atoms. The summed E-state index contributed by atoms with van der Waals surface area (Å²) in [5.74, 6) is 0.509. The molecule has 2 aliphatic rings. The molecule has 2 saturated heterocycles.